The standard InChI is InChI=1S/C12H20N2O3S.C10H19N/c1-7-4-14(10(11(7)15)8-2-3-8)12(13)9-5-18(16,17)6-9;1-7-5-8(2)10(4,11)9(3)6-7/h4,8-12,15H,2-3,5-6,13H2,1H3;5,8-9H,6,11H2,1-4H3. The molecule has 0 aromatic heterocycles. The van der Waals surface area contributed by atoms with Crippen LogP contribution in [0.3, 0.4) is 0 Å². The molecule has 2 fully saturated rings. The third-order valence-electron chi connectivity index (χ3n) is 7.56. The van der Waals surface area contributed by atoms with Gasteiger partial charge in [0.25, 0.3) is 0 Å². The molecule has 0 spiro atoms. The van der Waals surface area contributed by atoms with Gasteiger partial charge in [0, 0.05) is 17.7 Å². The van der Waals surface area contributed by atoms with E-state index in [1.807, 2.05) is 18.0 Å². The third-order valence-corrected chi connectivity index (χ3v) is 9.43. The van der Waals surface area contributed by atoms with E-state index in [9.17, 15) is 13.5 Å². The van der Waals surface area contributed by atoms with E-state index in [-0.39, 0.29) is 35.2 Å². The average Bonchev–Trinajstić information content (AvgIpc) is 3.37. The Kier molecular flexibility index (Phi) is 6.27. The minimum absolute atomic E-state index is 0.000486. The van der Waals surface area contributed by atoms with Gasteiger partial charge in [-0.3, -0.25) is 0 Å². The van der Waals surface area contributed by atoms with Gasteiger partial charge >= 0.3 is 0 Å². The maximum atomic E-state index is 11.2. The summed E-state index contributed by atoms with van der Waals surface area (Å²) in [4.78, 5) is 2.01. The van der Waals surface area contributed by atoms with Crippen molar-refractivity contribution in [1.82, 2.24) is 4.90 Å². The highest BCUT2D eigenvalue weighted by Crippen LogP contribution is 2.43. The molecule has 0 aromatic carbocycles. The molecule has 1 saturated carbocycles. The predicted molar refractivity (Wildman–Crippen MR) is 118 cm³/mol. The number of aliphatic hydroxyl groups excluding tert-OH is 1. The first-order valence-electron chi connectivity index (χ1n) is 10.9. The van der Waals surface area contributed by atoms with Crippen molar-refractivity contribution in [2.24, 2.45) is 35.1 Å². The van der Waals surface area contributed by atoms with Crippen LogP contribution in [-0.4, -0.2) is 53.8 Å². The van der Waals surface area contributed by atoms with Crippen molar-refractivity contribution in [3.05, 3.63) is 23.4 Å². The van der Waals surface area contributed by atoms with Crippen LogP contribution >= 0.6 is 0 Å². The van der Waals surface area contributed by atoms with Crippen molar-refractivity contribution in [2.45, 2.75) is 77.7 Å². The number of aliphatic hydroxyl groups is 1. The Hall–Kier alpha value is -0.890. The molecule has 2 heterocycles. The summed E-state index contributed by atoms with van der Waals surface area (Å²) in [5, 5.41) is 10.2. The highest BCUT2D eigenvalue weighted by molar-refractivity contribution is 7.92. The van der Waals surface area contributed by atoms with E-state index in [0.29, 0.717) is 17.8 Å². The molecule has 2 aliphatic carbocycles. The molecule has 5 N–H and O–H groups in total. The van der Waals surface area contributed by atoms with Crippen molar-refractivity contribution >= 4 is 9.84 Å². The maximum absolute atomic E-state index is 11.2. The number of allylic oxidation sites excluding steroid dienone is 1. The highest BCUT2D eigenvalue weighted by Gasteiger charge is 2.48. The zero-order valence-electron chi connectivity index (χ0n) is 18.5. The molecule has 4 rings (SSSR count). The normalized spacial score (nSPS) is 40.3. The van der Waals surface area contributed by atoms with Crippen LogP contribution in [-0.2, 0) is 9.84 Å². The molecule has 6 atom stereocenters. The first-order chi connectivity index (χ1) is 13.3. The molecular weight excluding hydrogens is 386 g/mol. The van der Waals surface area contributed by atoms with Gasteiger partial charge in [-0.05, 0) is 63.4 Å². The van der Waals surface area contributed by atoms with Gasteiger partial charge in [-0.25, -0.2) is 8.42 Å². The zero-order valence-corrected chi connectivity index (χ0v) is 19.3. The summed E-state index contributed by atoms with van der Waals surface area (Å²) in [5.74, 6) is 2.02. The Morgan fingerprint density at radius 2 is 1.83 bits per heavy atom. The van der Waals surface area contributed by atoms with Crippen molar-refractivity contribution in [3.8, 4) is 0 Å². The fraction of sp³-hybridized carbons (Fsp3) is 0.818. The summed E-state index contributed by atoms with van der Waals surface area (Å²) >= 11 is 0. The van der Waals surface area contributed by atoms with E-state index >= 15 is 0 Å². The number of hydrogen-bond donors (Lipinski definition) is 3. The van der Waals surface area contributed by atoms with Crippen LogP contribution in [0, 0.1) is 23.7 Å². The fourth-order valence-electron chi connectivity index (χ4n) is 4.92. The van der Waals surface area contributed by atoms with Crippen molar-refractivity contribution in [3.63, 3.8) is 0 Å². The molecule has 6 unspecified atom stereocenters. The lowest BCUT2D eigenvalue weighted by molar-refractivity contribution is 0.0750. The van der Waals surface area contributed by atoms with Gasteiger partial charge < -0.3 is 21.5 Å². The summed E-state index contributed by atoms with van der Waals surface area (Å²) in [5.41, 5.74) is 14.8. The van der Waals surface area contributed by atoms with Gasteiger partial charge in [0.15, 0.2) is 9.84 Å². The van der Waals surface area contributed by atoms with Crippen LogP contribution in [0.5, 0.6) is 0 Å². The molecule has 6 nitrogen and oxygen atoms in total. The van der Waals surface area contributed by atoms with Crippen molar-refractivity contribution in [1.29, 1.82) is 0 Å². The molecule has 0 radical (unpaired) electrons. The Morgan fingerprint density at radius 1 is 1.24 bits per heavy atom. The lowest BCUT2D eigenvalue weighted by Gasteiger charge is -2.40. The Balaban J connectivity index is 0.000000188. The minimum atomic E-state index is -2.84. The Labute approximate surface area is 176 Å². The number of nitrogens with zero attached hydrogens (tertiary/aromatic N) is 1. The number of rotatable bonds is 3. The second kappa shape index (κ2) is 7.98. The third kappa shape index (κ3) is 4.73. The van der Waals surface area contributed by atoms with E-state index < -0.39 is 15.9 Å². The fourth-order valence-corrected chi connectivity index (χ4v) is 6.53. The van der Waals surface area contributed by atoms with Crippen LogP contribution in [0.4, 0.5) is 0 Å². The smallest absolute Gasteiger partial charge is 0.151 e. The molecular formula is C22H39N3O3S. The first-order valence-corrected chi connectivity index (χ1v) is 12.7. The number of nitrogens with two attached hydrogens (primary N) is 2. The molecule has 166 valence electrons. The number of sulfone groups is 1. The summed E-state index contributed by atoms with van der Waals surface area (Å²) in [6, 6.07) is 0.0586. The molecule has 7 heteroatoms. The number of hydrogen-bond acceptors (Lipinski definition) is 6. The summed E-state index contributed by atoms with van der Waals surface area (Å²) in [7, 11) is -2.84. The summed E-state index contributed by atoms with van der Waals surface area (Å²) < 4.78 is 22.5. The monoisotopic (exact) mass is 425 g/mol. The Morgan fingerprint density at radius 3 is 2.31 bits per heavy atom. The SMILES string of the molecule is CC1=CC(C)C(C)(N)C(C)C1.CC1=CN(C(N)C2CS(=O)(=O)C2)C(C2CC2)C1O. The van der Waals surface area contributed by atoms with E-state index in [4.69, 9.17) is 11.5 Å². The highest BCUT2D eigenvalue weighted by atomic mass is 32.2. The van der Waals surface area contributed by atoms with E-state index in [1.54, 1.807) is 0 Å². The molecule has 29 heavy (non-hydrogen) atoms. The quantitative estimate of drug-likeness (QED) is 0.597. The second-order valence-corrected chi connectivity index (χ2v) is 12.3. The molecule has 0 bridgehead atoms. The summed E-state index contributed by atoms with van der Waals surface area (Å²) in [6.07, 6.45) is 6.93. The van der Waals surface area contributed by atoms with Crippen LogP contribution in [0.25, 0.3) is 0 Å². The van der Waals surface area contributed by atoms with Crippen LogP contribution in [0.15, 0.2) is 23.4 Å². The van der Waals surface area contributed by atoms with Crippen LogP contribution in [0.2, 0.25) is 0 Å². The van der Waals surface area contributed by atoms with E-state index in [2.05, 4.69) is 33.8 Å². The van der Waals surface area contributed by atoms with Crippen molar-refractivity contribution in [2.75, 3.05) is 11.5 Å². The van der Waals surface area contributed by atoms with E-state index in [1.165, 1.54) is 5.57 Å². The van der Waals surface area contributed by atoms with Gasteiger partial charge in [-0.2, -0.15) is 0 Å². The molecule has 0 aromatic rings. The minimum Gasteiger partial charge on any atom is -0.387 e. The van der Waals surface area contributed by atoms with Crippen LogP contribution in [0.1, 0.15) is 53.9 Å². The topological polar surface area (TPSA) is 110 Å². The maximum Gasteiger partial charge on any atom is 0.151 e. The molecule has 0 amide bonds. The van der Waals surface area contributed by atoms with Gasteiger partial charge in [-0.15, -0.1) is 0 Å². The molecule has 4 aliphatic rings. The van der Waals surface area contributed by atoms with Crippen LogP contribution < -0.4 is 11.5 Å². The lowest BCUT2D eigenvalue weighted by atomic mass is 9.70. The lowest BCUT2D eigenvalue weighted by Crippen LogP contribution is -2.57. The average molecular weight is 426 g/mol. The zero-order chi connectivity index (χ0) is 21.7. The molecule has 1 saturated heterocycles. The summed E-state index contributed by atoms with van der Waals surface area (Å²) in [6.45, 7) is 10.7. The van der Waals surface area contributed by atoms with Gasteiger partial charge in [0.05, 0.1) is 29.8 Å². The van der Waals surface area contributed by atoms with Crippen molar-refractivity contribution < 1.29 is 13.5 Å². The van der Waals surface area contributed by atoms with Gasteiger partial charge in [0.1, 0.15) is 0 Å². The Bertz CT molecular complexity index is 773. The molecule has 2 aliphatic heterocycles. The van der Waals surface area contributed by atoms with Gasteiger partial charge in [0.2, 0.25) is 0 Å². The van der Waals surface area contributed by atoms with E-state index in [0.717, 1.165) is 24.8 Å². The largest absolute Gasteiger partial charge is 0.387 e. The predicted octanol–water partition coefficient (Wildman–Crippen LogP) is 2.00. The first kappa shape index (κ1) is 22.8. The van der Waals surface area contributed by atoms with Gasteiger partial charge in [-0.1, -0.05) is 25.5 Å². The second-order valence-electron chi connectivity index (χ2n) is 10.2.